The minimum atomic E-state index is 0.0765. The zero-order chi connectivity index (χ0) is 14.8. The number of Topliss-reactive ketones (excluding diaryl/α,β-unsaturated/α-hetero) is 1. The number of fused-ring (bicyclic) bond motifs is 1. The lowest BCUT2D eigenvalue weighted by molar-refractivity contribution is 0.0993. The van der Waals surface area contributed by atoms with Crippen LogP contribution in [0.1, 0.15) is 27.9 Å². The van der Waals surface area contributed by atoms with E-state index in [9.17, 15) is 4.79 Å². The Hall–Kier alpha value is -1.51. The molecule has 0 amide bonds. The molecule has 0 atom stereocenters. The Bertz CT molecular complexity index is 697. The van der Waals surface area contributed by atoms with Crippen molar-refractivity contribution in [3.8, 4) is 0 Å². The van der Waals surface area contributed by atoms with Crippen molar-refractivity contribution in [1.29, 1.82) is 0 Å². The van der Waals surface area contributed by atoms with E-state index in [4.69, 9.17) is 23.2 Å². The van der Waals surface area contributed by atoms with E-state index >= 15 is 0 Å². The molecule has 1 N–H and O–H groups in total. The van der Waals surface area contributed by atoms with E-state index in [0.29, 0.717) is 16.5 Å². The molecule has 0 radical (unpaired) electrons. The molecule has 1 aliphatic rings. The topological polar surface area (TPSA) is 29.1 Å². The van der Waals surface area contributed by atoms with Gasteiger partial charge in [0.2, 0.25) is 0 Å². The smallest absolute Gasteiger partial charge is 0.167 e. The summed E-state index contributed by atoms with van der Waals surface area (Å²) in [6.45, 7) is 1.00. The summed E-state index contributed by atoms with van der Waals surface area (Å²) in [4.78, 5) is 12.4. The van der Waals surface area contributed by atoms with Crippen molar-refractivity contribution in [2.75, 3.05) is 11.9 Å². The highest BCUT2D eigenvalue weighted by molar-refractivity contribution is 6.35. The van der Waals surface area contributed by atoms with Crippen LogP contribution in [-0.4, -0.2) is 12.3 Å². The van der Waals surface area contributed by atoms with Gasteiger partial charge < -0.3 is 5.32 Å². The third-order valence-corrected chi connectivity index (χ3v) is 4.32. The number of ketones is 1. The van der Waals surface area contributed by atoms with Gasteiger partial charge in [0.15, 0.2) is 5.78 Å². The van der Waals surface area contributed by atoms with Crippen LogP contribution in [-0.2, 0) is 12.8 Å². The quantitative estimate of drug-likeness (QED) is 0.825. The molecule has 0 unspecified atom stereocenters. The highest BCUT2D eigenvalue weighted by Gasteiger charge is 2.14. The van der Waals surface area contributed by atoms with Crippen LogP contribution >= 0.6 is 23.2 Å². The average molecular weight is 320 g/mol. The van der Waals surface area contributed by atoms with Crippen LogP contribution in [0.15, 0.2) is 36.4 Å². The summed E-state index contributed by atoms with van der Waals surface area (Å²) in [5.41, 5.74) is 3.90. The lowest BCUT2D eigenvalue weighted by Crippen LogP contribution is -2.13. The molecule has 0 aliphatic carbocycles. The average Bonchev–Trinajstić information content (AvgIpc) is 2.49. The van der Waals surface area contributed by atoms with Crippen molar-refractivity contribution in [3.63, 3.8) is 0 Å². The van der Waals surface area contributed by atoms with E-state index in [1.807, 2.05) is 24.3 Å². The number of rotatable bonds is 3. The standard InChI is InChI=1S/C17H15Cl2NO/c18-14-5-3-11(15(19)10-14)9-17(21)13-4-6-16-12(8-13)2-1-7-20-16/h3-6,8,10,20H,1-2,7,9H2. The van der Waals surface area contributed by atoms with Gasteiger partial charge in [0.1, 0.15) is 0 Å². The summed E-state index contributed by atoms with van der Waals surface area (Å²) < 4.78 is 0. The van der Waals surface area contributed by atoms with Gasteiger partial charge in [-0.15, -0.1) is 0 Å². The maximum Gasteiger partial charge on any atom is 0.167 e. The van der Waals surface area contributed by atoms with Crippen molar-refractivity contribution < 1.29 is 4.79 Å². The molecule has 0 aromatic heterocycles. The fourth-order valence-corrected chi connectivity index (χ4v) is 3.06. The molecule has 0 saturated heterocycles. The molecule has 0 spiro atoms. The number of hydrogen-bond donors (Lipinski definition) is 1. The Balaban J connectivity index is 1.82. The van der Waals surface area contributed by atoms with Gasteiger partial charge in [-0.05, 0) is 54.3 Å². The van der Waals surface area contributed by atoms with Crippen LogP contribution in [0.4, 0.5) is 5.69 Å². The largest absolute Gasteiger partial charge is 0.385 e. The molecular weight excluding hydrogens is 305 g/mol. The summed E-state index contributed by atoms with van der Waals surface area (Å²) >= 11 is 12.0. The summed E-state index contributed by atoms with van der Waals surface area (Å²) in [6, 6.07) is 11.1. The van der Waals surface area contributed by atoms with Crippen LogP contribution in [0.25, 0.3) is 0 Å². The lowest BCUT2D eigenvalue weighted by atomic mass is 9.97. The van der Waals surface area contributed by atoms with E-state index in [0.717, 1.165) is 36.2 Å². The van der Waals surface area contributed by atoms with Gasteiger partial charge in [0.25, 0.3) is 0 Å². The van der Waals surface area contributed by atoms with Crippen molar-refractivity contribution in [3.05, 3.63) is 63.1 Å². The van der Waals surface area contributed by atoms with Gasteiger partial charge in [-0.25, -0.2) is 0 Å². The number of halogens is 2. The fraction of sp³-hybridized carbons (Fsp3) is 0.235. The Kier molecular flexibility index (Phi) is 4.18. The summed E-state index contributed by atoms with van der Waals surface area (Å²) in [5.74, 6) is 0.0765. The molecule has 0 bridgehead atoms. The minimum Gasteiger partial charge on any atom is -0.385 e. The zero-order valence-corrected chi connectivity index (χ0v) is 13.0. The van der Waals surface area contributed by atoms with Crippen LogP contribution < -0.4 is 5.32 Å². The van der Waals surface area contributed by atoms with E-state index < -0.39 is 0 Å². The first kappa shape index (κ1) is 14.4. The molecule has 2 aromatic carbocycles. The second kappa shape index (κ2) is 6.08. The zero-order valence-electron chi connectivity index (χ0n) is 11.5. The van der Waals surface area contributed by atoms with E-state index in [-0.39, 0.29) is 5.78 Å². The van der Waals surface area contributed by atoms with Gasteiger partial charge in [-0.1, -0.05) is 29.3 Å². The van der Waals surface area contributed by atoms with Gasteiger partial charge in [-0.3, -0.25) is 4.79 Å². The normalized spacial score (nSPS) is 13.4. The Morgan fingerprint density at radius 3 is 2.81 bits per heavy atom. The Morgan fingerprint density at radius 1 is 1.14 bits per heavy atom. The molecule has 0 saturated carbocycles. The van der Waals surface area contributed by atoms with Crippen LogP contribution in [0.3, 0.4) is 0 Å². The van der Waals surface area contributed by atoms with Crippen LogP contribution in [0.2, 0.25) is 10.0 Å². The molecule has 1 aliphatic heterocycles. The predicted octanol–water partition coefficient (Wildman–Crippen LogP) is 4.78. The molecule has 0 fully saturated rings. The van der Waals surface area contributed by atoms with Gasteiger partial charge in [-0.2, -0.15) is 0 Å². The minimum absolute atomic E-state index is 0.0765. The third-order valence-electron chi connectivity index (χ3n) is 3.73. The number of carbonyl (C=O) groups is 1. The molecule has 4 heteroatoms. The molecule has 3 rings (SSSR count). The highest BCUT2D eigenvalue weighted by atomic mass is 35.5. The van der Waals surface area contributed by atoms with Crippen LogP contribution in [0.5, 0.6) is 0 Å². The van der Waals surface area contributed by atoms with Crippen molar-refractivity contribution >= 4 is 34.7 Å². The molecule has 2 aromatic rings. The molecule has 21 heavy (non-hydrogen) atoms. The van der Waals surface area contributed by atoms with Crippen molar-refractivity contribution in [1.82, 2.24) is 0 Å². The van der Waals surface area contributed by atoms with E-state index in [1.165, 1.54) is 5.56 Å². The second-order valence-corrected chi connectivity index (χ2v) is 6.08. The van der Waals surface area contributed by atoms with Gasteiger partial charge in [0, 0.05) is 34.3 Å². The summed E-state index contributed by atoms with van der Waals surface area (Å²) in [7, 11) is 0. The Labute approximate surface area is 134 Å². The second-order valence-electron chi connectivity index (χ2n) is 5.24. The van der Waals surface area contributed by atoms with E-state index in [2.05, 4.69) is 5.32 Å². The molecule has 2 nitrogen and oxygen atoms in total. The first-order valence-corrected chi connectivity index (χ1v) is 7.73. The lowest BCUT2D eigenvalue weighted by Gasteiger charge is -2.18. The van der Waals surface area contributed by atoms with Gasteiger partial charge in [0.05, 0.1) is 0 Å². The maximum absolute atomic E-state index is 12.4. The summed E-state index contributed by atoms with van der Waals surface area (Å²) in [5, 5.41) is 4.46. The number of carbonyl (C=O) groups excluding carboxylic acids is 1. The van der Waals surface area contributed by atoms with Gasteiger partial charge >= 0.3 is 0 Å². The number of anilines is 1. The fourth-order valence-electron chi connectivity index (χ4n) is 2.59. The predicted molar refractivity (Wildman–Crippen MR) is 87.7 cm³/mol. The molecule has 1 heterocycles. The number of nitrogens with one attached hydrogen (secondary N) is 1. The van der Waals surface area contributed by atoms with Crippen LogP contribution in [0, 0.1) is 0 Å². The third kappa shape index (κ3) is 3.22. The monoisotopic (exact) mass is 319 g/mol. The molecule has 108 valence electrons. The number of hydrogen-bond acceptors (Lipinski definition) is 2. The first-order chi connectivity index (χ1) is 10.1. The summed E-state index contributed by atoms with van der Waals surface area (Å²) in [6.07, 6.45) is 2.42. The Morgan fingerprint density at radius 2 is 2.00 bits per heavy atom. The van der Waals surface area contributed by atoms with Crippen molar-refractivity contribution in [2.24, 2.45) is 0 Å². The number of benzene rings is 2. The maximum atomic E-state index is 12.4. The highest BCUT2D eigenvalue weighted by Crippen LogP contribution is 2.25. The molecular formula is C17H15Cl2NO. The van der Waals surface area contributed by atoms with E-state index in [1.54, 1.807) is 12.1 Å². The van der Waals surface area contributed by atoms with Crippen molar-refractivity contribution in [2.45, 2.75) is 19.3 Å². The SMILES string of the molecule is O=C(Cc1ccc(Cl)cc1Cl)c1ccc2c(c1)CCCN2. The number of aryl methyl sites for hydroxylation is 1. The first-order valence-electron chi connectivity index (χ1n) is 6.97.